The molecule has 0 bridgehead atoms. The summed E-state index contributed by atoms with van der Waals surface area (Å²) < 4.78 is 0. The molecule has 70 valence electrons. The first-order valence-electron chi connectivity index (χ1n) is 4.26. The van der Waals surface area contributed by atoms with Crippen molar-refractivity contribution in [3.8, 4) is 0 Å². The Morgan fingerprint density at radius 3 is 2.69 bits per heavy atom. The molecule has 0 fully saturated rings. The Kier molecular flexibility index (Phi) is 4.15. The number of carbonyl (C=O) groups is 1. The second-order valence-electron chi connectivity index (χ2n) is 2.58. The van der Waals surface area contributed by atoms with Crippen molar-refractivity contribution in [3.05, 3.63) is 35.9 Å². The molecule has 0 saturated carbocycles. The third-order valence-corrected chi connectivity index (χ3v) is 1.65. The number of hydroxylamine groups is 1. The predicted octanol–water partition coefficient (Wildman–Crippen LogP) is 1.47. The minimum atomic E-state index is -0.374. The van der Waals surface area contributed by atoms with Crippen LogP contribution in [-0.4, -0.2) is 12.9 Å². The molecule has 1 unspecified atom stereocenters. The fourth-order valence-electron chi connectivity index (χ4n) is 1.01. The van der Waals surface area contributed by atoms with Crippen LogP contribution >= 0.6 is 0 Å². The predicted molar refractivity (Wildman–Crippen MR) is 50.0 cm³/mol. The van der Waals surface area contributed by atoms with Crippen molar-refractivity contribution in [1.82, 2.24) is 5.48 Å². The van der Waals surface area contributed by atoms with Gasteiger partial charge in [0.15, 0.2) is 0 Å². The van der Waals surface area contributed by atoms with E-state index in [0.29, 0.717) is 6.61 Å². The molecule has 1 aromatic carbocycles. The molecule has 0 spiro atoms. The molecule has 0 aliphatic heterocycles. The van der Waals surface area contributed by atoms with Gasteiger partial charge in [-0.3, -0.25) is 0 Å². The first kappa shape index (κ1) is 9.89. The molecule has 3 nitrogen and oxygen atoms in total. The van der Waals surface area contributed by atoms with Crippen molar-refractivity contribution in [2.45, 2.75) is 13.0 Å². The van der Waals surface area contributed by atoms with Crippen molar-refractivity contribution < 1.29 is 9.63 Å². The highest BCUT2D eigenvalue weighted by molar-refractivity contribution is 5.60. The van der Waals surface area contributed by atoms with Crippen molar-refractivity contribution in [2.75, 3.05) is 6.61 Å². The molecular formula is C10H13NO2. The van der Waals surface area contributed by atoms with E-state index in [-0.39, 0.29) is 6.04 Å². The molecule has 0 aromatic heterocycles. The van der Waals surface area contributed by atoms with E-state index in [4.69, 9.17) is 4.84 Å². The molecule has 0 aliphatic carbocycles. The summed E-state index contributed by atoms with van der Waals surface area (Å²) in [6, 6.07) is 9.07. The maximum atomic E-state index is 10.7. The first-order valence-corrected chi connectivity index (χ1v) is 4.26. The number of hydrogen-bond acceptors (Lipinski definition) is 3. The Labute approximate surface area is 77.7 Å². The van der Waals surface area contributed by atoms with E-state index in [2.05, 4.69) is 5.48 Å². The number of rotatable bonds is 5. The normalized spacial score (nSPS) is 12.4. The number of benzene rings is 1. The van der Waals surface area contributed by atoms with Crippen LogP contribution in [-0.2, 0) is 9.63 Å². The maximum absolute atomic E-state index is 10.7. The number of carbonyl (C=O) groups excluding carboxylic acids is 1. The highest BCUT2D eigenvalue weighted by Crippen LogP contribution is 2.08. The van der Waals surface area contributed by atoms with Gasteiger partial charge >= 0.3 is 0 Å². The van der Waals surface area contributed by atoms with Crippen LogP contribution in [0.4, 0.5) is 0 Å². The summed E-state index contributed by atoms with van der Waals surface area (Å²) in [5.74, 6) is 0. The summed E-state index contributed by atoms with van der Waals surface area (Å²) in [6.07, 6.45) is 0.824. The number of hydrogen-bond donors (Lipinski definition) is 1. The Morgan fingerprint density at radius 2 is 2.15 bits per heavy atom. The fourth-order valence-corrected chi connectivity index (χ4v) is 1.01. The molecule has 0 saturated heterocycles. The maximum Gasteiger partial charge on any atom is 0.143 e. The van der Waals surface area contributed by atoms with Gasteiger partial charge in [0.1, 0.15) is 12.3 Å². The Bertz CT molecular complexity index is 248. The lowest BCUT2D eigenvalue weighted by molar-refractivity contribution is -0.113. The quantitative estimate of drug-likeness (QED) is 0.549. The Morgan fingerprint density at radius 1 is 1.46 bits per heavy atom. The van der Waals surface area contributed by atoms with Crippen LogP contribution in [0.2, 0.25) is 0 Å². The minimum absolute atomic E-state index is 0.374. The van der Waals surface area contributed by atoms with Crippen LogP contribution in [0.5, 0.6) is 0 Å². The van der Waals surface area contributed by atoms with E-state index in [1.807, 2.05) is 37.3 Å². The zero-order chi connectivity index (χ0) is 9.52. The van der Waals surface area contributed by atoms with E-state index < -0.39 is 0 Å². The molecule has 0 radical (unpaired) electrons. The largest absolute Gasteiger partial charge is 0.301 e. The molecule has 1 atom stereocenters. The van der Waals surface area contributed by atoms with Crippen molar-refractivity contribution in [1.29, 1.82) is 0 Å². The first-order chi connectivity index (χ1) is 6.38. The highest BCUT2D eigenvalue weighted by atomic mass is 16.6. The van der Waals surface area contributed by atoms with E-state index in [1.54, 1.807) is 0 Å². The van der Waals surface area contributed by atoms with Crippen LogP contribution < -0.4 is 5.48 Å². The fraction of sp³-hybridized carbons (Fsp3) is 0.300. The molecule has 0 aliphatic rings. The second kappa shape index (κ2) is 5.45. The van der Waals surface area contributed by atoms with Gasteiger partial charge in [-0.15, -0.1) is 0 Å². The van der Waals surface area contributed by atoms with E-state index in [1.165, 1.54) is 0 Å². The molecule has 1 N–H and O–H groups in total. The highest BCUT2D eigenvalue weighted by Gasteiger charge is 2.07. The molecule has 0 amide bonds. The molecule has 13 heavy (non-hydrogen) atoms. The summed E-state index contributed by atoms with van der Waals surface area (Å²) >= 11 is 0. The monoisotopic (exact) mass is 179 g/mol. The zero-order valence-corrected chi connectivity index (χ0v) is 7.57. The minimum Gasteiger partial charge on any atom is -0.301 e. The van der Waals surface area contributed by atoms with Crippen LogP contribution in [0, 0.1) is 0 Å². The SMILES string of the molecule is CCONC(C=O)c1ccccc1. The van der Waals surface area contributed by atoms with E-state index >= 15 is 0 Å². The van der Waals surface area contributed by atoms with Gasteiger partial charge in [-0.1, -0.05) is 30.3 Å². The molecule has 0 heterocycles. The summed E-state index contributed by atoms with van der Waals surface area (Å²) in [7, 11) is 0. The lowest BCUT2D eigenvalue weighted by Crippen LogP contribution is -2.22. The van der Waals surface area contributed by atoms with Gasteiger partial charge in [0.05, 0.1) is 6.61 Å². The third-order valence-electron chi connectivity index (χ3n) is 1.65. The molecule has 1 rings (SSSR count). The van der Waals surface area contributed by atoms with Crippen LogP contribution in [0.15, 0.2) is 30.3 Å². The van der Waals surface area contributed by atoms with Gasteiger partial charge in [0.2, 0.25) is 0 Å². The topological polar surface area (TPSA) is 38.3 Å². The van der Waals surface area contributed by atoms with Gasteiger partial charge in [0, 0.05) is 0 Å². The lowest BCUT2D eigenvalue weighted by atomic mass is 10.1. The Hall–Kier alpha value is -1.19. The standard InChI is InChI=1S/C10H13NO2/c1-2-13-11-10(8-12)9-6-4-3-5-7-9/h3-8,10-11H,2H2,1H3. The van der Waals surface area contributed by atoms with Crippen LogP contribution in [0.3, 0.4) is 0 Å². The summed E-state index contributed by atoms with van der Waals surface area (Å²) in [5, 5.41) is 0. The van der Waals surface area contributed by atoms with Gasteiger partial charge in [-0.05, 0) is 12.5 Å². The van der Waals surface area contributed by atoms with Gasteiger partial charge in [0.25, 0.3) is 0 Å². The smallest absolute Gasteiger partial charge is 0.143 e. The zero-order valence-electron chi connectivity index (χ0n) is 7.57. The van der Waals surface area contributed by atoms with Crippen LogP contribution in [0.25, 0.3) is 0 Å². The summed E-state index contributed by atoms with van der Waals surface area (Å²) in [5.41, 5.74) is 3.58. The second-order valence-corrected chi connectivity index (χ2v) is 2.58. The van der Waals surface area contributed by atoms with Crippen molar-refractivity contribution >= 4 is 6.29 Å². The number of nitrogens with one attached hydrogen (secondary N) is 1. The van der Waals surface area contributed by atoms with Gasteiger partial charge in [-0.2, -0.15) is 5.48 Å². The van der Waals surface area contributed by atoms with Crippen LogP contribution in [0.1, 0.15) is 18.5 Å². The van der Waals surface area contributed by atoms with E-state index in [0.717, 1.165) is 11.8 Å². The molecule has 1 aromatic rings. The number of aldehydes is 1. The van der Waals surface area contributed by atoms with Crippen molar-refractivity contribution in [2.24, 2.45) is 0 Å². The molecular weight excluding hydrogens is 166 g/mol. The lowest BCUT2D eigenvalue weighted by Gasteiger charge is -2.11. The van der Waals surface area contributed by atoms with Gasteiger partial charge < -0.3 is 9.63 Å². The third kappa shape index (κ3) is 2.97. The average Bonchev–Trinajstić information content (AvgIpc) is 2.21. The van der Waals surface area contributed by atoms with Gasteiger partial charge in [-0.25, -0.2) is 0 Å². The molecule has 3 heteroatoms. The summed E-state index contributed by atoms with van der Waals surface area (Å²) in [4.78, 5) is 15.6. The summed E-state index contributed by atoms with van der Waals surface area (Å²) in [6.45, 7) is 2.40. The van der Waals surface area contributed by atoms with Crippen molar-refractivity contribution in [3.63, 3.8) is 0 Å². The Balaban J connectivity index is 2.61. The average molecular weight is 179 g/mol. The van der Waals surface area contributed by atoms with E-state index in [9.17, 15) is 4.79 Å².